The van der Waals surface area contributed by atoms with E-state index in [9.17, 15) is 8.78 Å². The molecule has 1 heterocycles. The van der Waals surface area contributed by atoms with E-state index in [4.69, 9.17) is 11.6 Å². The Labute approximate surface area is 146 Å². The van der Waals surface area contributed by atoms with Gasteiger partial charge in [0.05, 0.1) is 0 Å². The number of para-hydroxylation sites is 1. The smallest absolute Gasteiger partial charge is 0.387 e. The Morgan fingerprint density at radius 2 is 1.88 bits per heavy atom. The summed E-state index contributed by atoms with van der Waals surface area (Å²) in [6.45, 7) is -2.85. The van der Waals surface area contributed by atoms with Crippen LogP contribution in [0.25, 0.3) is 11.4 Å². The molecule has 3 rings (SSSR count). The molecule has 24 heavy (non-hydrogen) atoms. The summed E-state index contributed by atoms with van der Waals surface area (Å²) >= 11 is 7.19. The lowest BCUT2D eigenvalue weighted by atomic mass is 10.2. The molecule has 3 aromatic rings. The number of nitrogens with one attached hydrogen (secondary N) is 1. The van der Waals surface area contributed by atoms with Crippen LogP contribution in [0.3, 0.4) is 0 Å². The molecule has 0 aliphatic rings. The summed E-state index contributed by atoms with van der Waals surface area (Å²) in [4.78, 5) is 4.38. The zero-order chi connectivity index (χ0) is 16.9. The second-order valence-electron chi connectivity index (χ2n) is 4.75. The molecule has 2 aromatic carbocycles. The lowest BCUT2D eigenvalue weighted by Gasteiger charge is -2.09. The number of nitrogens with zero attached hydrogens (tertiary/aromatic N) is 2. The molecule has 1 aromatic heterocycles. The van der Waals surface area contributed by atoms with Gasteiger partial charge in [-0.25, -0.2) is 4.98 Å². The van der Waals surface area contributed by atoms with E-state index in [-0.39, 0.29) is 5.75 Å². The highest BCUT2D eigenvalue weighted by atomic mass is 35.5. The van der Waals surface area contributed by atoms with E-state index in [1.165, 1.54) is 17.8 Å². The zero-order valence-corrected chi connectivity index (χ0v) is 13.8. The minimum atomic E-state index is -2.85. The normalized spacial score (nSPS) is 11.0. The van der Waals surface area contributed by atoms with Crippen LogP contribution in [0.5, 0.6) is 5.75 Å². The first-order chi connectivity index (χ1) is 11.6. The topological polar surface area (TPSA) is 50.8 Å². The molecule has 0 fully saturated rings. The molecule has 0 atom stereocenters. The van der Waals surface area contributed by atoms with Crippen molar-refractivity contribution in [2.45, 2.75) is 17.5 Å². The van der Waals surface area contributed by atoms with Gasteiger partial charge in [-0.3, -0.25) is 5.10 Å². The van der Waals surface area contributed by atoms with E-state index in [1.807, 2.05) is 12.1 Å². The molecule has 0 aliphatic carbocycles. The standard InChI is InChI=1S/C16H12ClF2N3OS/c17-12-7-5-10(6-8-12)14-20-16(22-21-14)24-9-11-3-1-2-4-13(11)23-15(18)19/h1-8,15H,9H2,(H,20,21,22). The van der Waals surface area contributed by atoms with Crippen LogP contribution in [0.2, 0.25) is 5.02 Å². The summed E-state index contributed by atoms with van der Waals surface area (Å²) in [7, 11) is 0. The number of aromatic amines is 1. The molecule has 4 nitrogen and oxygen atoms in total. The maximum absolute atomic E-state index is 12.4. The van der Waals surface area contributed by atoms with Gasteiger partial charge in [0.1, 0.15) is 5.75 Å². The number of hydrogen-bond acceptors (Lipinski definition) is 4. The van der Waals surface area contributed by atoms with Gasteiger partial charge >= 0.3 is 6.61 Å². The summed E-state index contributed by atoms with van der Waals surface area (Å²) in [5.41, 5.74) is 1.51. The van der Waals surface area contributed by atoms with Gasteiger partial charge in [0.2, 0.25) is 5.16 Å². The van der Waals surface area contributed by atoms with Gasteiger partial charge in [0.25, 0.3) is 0 Å². The Bertz CT molecular complexity index is 811. The highest BCUT2D eigenvalue weighted by Gasteiger charge is 2.11. The first-order valence-corrected chi connectivity index (χ1v) is 8.32. The molecule has 0 spiro atoms. The lowest BCUT2D eigenvalue weighted by molar-refractivity contribution is -0.0503. The van der Waals surface area contributed by atoms with Crippen molar-refractivity contribution in [3.05, 3.63) is 59.1 Å². The van der Waals surface area contributed by atoms with Crippen LogP contribution in [0, 0.1) is 0 Å². The molecular weight excluding hydrogens is 356 g/mol. The first-order valence-electron chi connectivity index (χ1n) is 6.95. The highest BCUT2D eigenvalue weighted by molar-refractivity contribution is 7.98. The van der Waals surface area contributed by atoms with Crippen molar-refractivity contribution in [2.24, 2.45) is 0 Å². The average Bonchev–Trinajstić information content (AvgIpc) is 3.03. The number of rotatable bonds is 6. The van der Waals surface area contributed by atoms with Crippen LogP contribution in [-0.2, 0) is 5.75 Å². The fourth-order valence-electron chi connectivity index (χ4n) is 2.02. The highest BCUT2D eigenvalue weighted by Crippen LogP contribution is 2.28. The molecule has 0 amide bonds. The minimum Gasteiger partial charge on any atom is -0.435 e. The number of benzene rings is 2. The van der Waals surface area contributed by atoms with Crippen molar-refractivity contribution >= 4 is 23.4 Å². The van der Waals surface area contributed by atoms with E-state index >= 15 is 0 Å². The molecule has 0 unspecified atom stereocenters. The molecule has 0 saturated heterocycles. The van der Waals surface area contributed by atoms with Gasteiger partial charge in [-0.1, -0.05) is 41.6 Å². The number of hydrogen-bond donors (Lipinski definition) is 1. The van der Waals surface area contributed by atoms with E-state index in [0.717, 1.165) is 5.56 Å². The molecule has 1 N–H and O–H groups in total. The summed E-state index contributed by atoms with van der Waals surface area (Å²) in [5, 5.41) is 8.14. The van der Waals surface area contributed by atoms with Gasteiger partial charge in [-0.05, 0) is 30.3 Å². The molecular formula is C16H12ClF2N3OS. The zero-order valence-electron chi connectivity index (χ0n) is 12.2. The Kier molecular flexibility index (Phi) is 5.32. The Balaban J connectivity index is 1.69. The molecule has 0 aliphatic heterocycles. The fraction of sp³-hybridized carbons (Fsp3) is 0.125. The maximum atomic E-state index is 12.4. The van der Waals surface area contributed by atoms with Crippen LogP contribution in [-0.4, -0.2) is 21.8 Å². The van der Waals surface area contributed by atoms with E-state index in [2.05, 4.69) is 19.9 Å². The van der Waals surface area contributed by atoms with Crippen LogP contribution in [0.4, 0.5) is 8.78 Å². The maximum Gasteiger partial charge on any atom is 0.387 e. The third-order valence-corrected chi connectivity index (χ3v) is 4.28. The van der Waals surface area contributed by atoms with Crippen LogP contribution < -0.4 is 4.74 Å². The first kappa shape index (κ1) is 16.7. The Morgan fingerprint density at radius 1 is 1.12 bits per heavy atom. The van der Waals surface area contributed by atoms with Crippen molar-refractivity contribution in [2.75, 3.05) is 0 Å². The largest absolute Gasteiger partial charge is 0.435 e. The van der Waals surface area contributed by atoms with Gasteiger partial charge in [-0.2, -0.15) is 8.78 Å². The Morgan fingerprint density at radius 3 is 2.62 bits per heavy atom. The summed E-state index contributed by atoms with van der Waals surface area (Å²) in [6.07, 6.45) is 0. The van der Waals surface area contributed by atoms with Crippen LogP contribution in [0.15, 0.2) is 53.7 Å². The third-order valence-electron chi connectivity index (χ3n) is 3.13. The van der Waals surface area contributed by atoms with Gasteiger partial charge < -0.3 is 4.74 Å². The van der Waals surface area contributed by atoms with Crippen molar-refractivity contribution in [3.63, 3.8) is 0 Å². The van der Waals surface area contributed by atoms with Crippen molar-refractivity contribution in [1.29, 1.82) is 0 Å². The van der Waals surface area contributed by atoms with Gasteiger partial charge in [-0.15, -0.1) is 5.10 Å². The number of aromatic nitrogens is 3. The second kappa shape index (κ2) is 7.63. The van der Waals surface area contributed by atoms with Crippen molar-refractivity contribution in [1.82, 2.24) is 15.2 Å². The molecule has 0 saturated carbocycles. The van der Waals surface area contributed by atoms with E-state index < -0.39 is 6.61 Å². The molecule has 124 valence electrons. The van der Waals surface area contributed by atoms with E-state index in [0.29, 0.717) is 27.3 Å². The van der Waals surface area contributed by atoms with Crippen LogP contribution >= 0.6 is 23.4 Å². The van der Waals surface area contributed by atoms with Crippen LogP contribution in [0.1, 0.15) is 5.56 Å². The van der Waals surface area contributed by atoms with Gasteiger partial charge in [0, 0.05) is 21.9 Å². The number of alkyl halides is 2. The van der Waals surface area contributed by atoms with E-state index in [1.54, 1.807) is 30.3 Å². The fourth-order valence-corrected chi connectivity index (χ4v) is 2.94. The molecule has 0 radical (unpaired) electrons. The second-order valence-corrected chi connectivity index (χ2v) is 6.13. The monoisotopic (exact) mass is 367 g/mol. The molecule has 8 heteroatoms. The third kappa shape index (κ3) is 4.24. The number of ether oxygens (including phenoxy) is 1. The SMILES string of the molecule is FC(F)Oc1ccccc1CSc1n[nH]c(-c2ccc(Cl)cc2)n1. The quantitative estimate of drug-likeness (QED) is 0.621. The Hall–Kier alpha value is -2.12. The number of halogens is 3. The minimum absolute atomic E-state index is 0.161. The summed E-state index contributed by atoms with van der Waals surface area (Å²) in [6, 6.07) is 13.9. The predicted molar refractivity (Wildman–Crippen MR) is 89.5 cm³/mol. The lowest BCUT2D eigenvalue weighted by Crippen LogP contribution is -2.03. The number of thioether (sulfide) groups is 1. The van der Waals surface area contributed by atoms with Crippen molar-refractivity contribution in [3.8, 4) is 17.1 Å². The number of H-pyrrole nitrogens is 1. The summed E-state index contributed by atoms with van der Waals surface area (Å²) in [5.74, 6) is 1.20. The summed E-state index contributed by atoms with van der Waals surface area (Å²) < 4.78 is 29.3. The van der Waals surface area contributed by atoms with Gasteiger partial charge in [0.15, 0.2) is 5.82 Å². The van der Waals surface area contributed by atoms with Crippen molar-refractivity contribution < 1.29 is 13.5 Å². The molecule has 0 bridgehead atoms. The average molecular weight is 368 g/mol. The predicted octanol–water partition coefficient (Wildman–Crippen LogP) is 5.02.